The first-order valence-electron chi connectivity index (χ1n) is 10.7. The lowest BCUT2D eigenvalue weighted by molar-refractivity contribution is -0.125. The number of carbonyl (C=O) groups is 2. The number of hydrogen-bond acceptors (Lipinski definition) is 4. The zero-order chi connectivity index (χ0) is 23.8. The maximum Gasteiger partial charge on any atom is 0.268 e. The number of anilines is 1. The predicted molar refractivity (Wildman–Crippen MR) is 121 cm³/mol. The number of furan rings is 1. The Labute approximate surface area is 193 Å². The molecule has 4 aromatic rings. The Morgan fingerprint density at radius 2 is 1.79 bits per heavy atom. The fourth-order valence-electron chi connectivity index (χ4n) is 3.99. The van der Waals surface area contributed by atoms with Gasteiger partial charge in [0.1, 0.15) is 28.7 Å². The normalized spacial score (nSPS) is 15.2. The van der Waals surface area contributed by atoms with Crippen molar-refractivity contribution in [1.29, 1.82) is 0 Å². The van der Waals surface area contributed by atoms with Gasteiger partial charge in [0.25, 0.3) is 11.8 Å². The molecule has 1 aromatic heterocycles. The van der Waals surface area contributed by atoms with Gasteiger partial charge in [0, 0.05) is 17.0 Å². The second kappa shape index (κ2) is 8.62. The number of para-hydroxylation sites is 1. The number of nitrogens with one attached hydrogen (secondary N) is 1. The molecule has 0 saturated carbocycles. The van der Waals surface area contributed by atoms with E-state index in [1.807, 2.05) is 30.3 Å². The molecule has 5 rings (SSSR count). The van der Waals surface area contributed by atoms with Crippen LogP contribution in [-0.2, 0) is 17.9 Å². The van der Waals surface area contributed by atoms with Gasteiger partial charge in [-0.25, -0.2) is 8.78 Å². The zero-order valence-corrected chi connectivity index (χ0v) is 18.2. The van der Waals surface area contributed by atoms with E-state index < -0.39 is 17.7 Å². The van der Waals surface area contributed by atoms with Gasteiger partial charge in [0.15, 0.2) is 6.10 Å². The fourth-order valence-corrected chi connectivity index (χ4v) is 3.99. The summed E-state index contributed by atoms with van der Waals surface area (Å²) >= 11 is 0. The van der Waals surface area contributed by atoms with Gasteiger partial charge in [-0.3, -0.25) is 9.59 Å². The summed E-state index contributed by atoms with van der Waals surface area (Å²) in [5.41, 5.74) is 1.67. The number of hydrogen-bond donors (Lipinski definition) is 1. The third kappa shape index (κ3) is 4.22. The summed E-state index contributed by atoms with van der Waals surface area (Å²) in [6.07, 6.45) is -0.779. The van der Waals surface area contributed by atoms with Crippen LogP contribution in [0.2, 0.25) is 0 Å². The van der Waals surface area contributed by atoms with Crippen LogP contribution in [0, 0.1) is 11.6 Å². The van der Waals surface area contributed by atoms with Crippen LogP contribution < -0.4 is 15.0 Å². The van der Waals surface area contributed by atoms with Crippen molar-refractivity contribution in [3.63, 3.8) is 0 Å². The lowest BCUT2D eigenvalue weighted by Crippen LogP contribution is -2.44. The van der Waals surface area contributed by atoms with Gasteiger partial charge in [-0.05, 0) is 55.0 Å². The number of nitrogens with zero attached hydrogens (tertiary/aromatic N) is 1. The highest BCUT2D eigenvalue weighted by Crippen LogP contribution is 2.36. The highest BCUT2D eigenvalue weighted by Gasteiger charge is 2.32. The molecule has 0 spiro atoms. The quantitative estimate of drug-likeness (QED) is 0.455. The molecule has 2 heterocycles. The van der Waals surface area contributed by atoms with Crippen molar-refractivity contribution in [2.75, 3.05) is 4.90 Å². The van der Waals surface area contributed by atoms with Crippen LogP contribution >= 0.6 is 0 Å². The maximum atomic E-state index is 13.7. The average Bonchev–Trinajstić information content (AvgIpc) is 3.23. The summed E-state index contributed by atoms with van der Waals surface area (Å²) in [4.78, 5) is 27.0. The number of amides is 2. The molecular weight excluding hydrogens is 442 g/mol. The van der Waals surface area contributed by atoms with Gasteiger partial charge in [0.2, 0.25) is 0 Å². The Morgan fingerprint density at radius 3 is 2.56 bits per heavy atom. The van der Waals surface area contributed by atoms with Crippen LogP contribution in [0.25, 0.3) is 11.0 Å². The van der Waals surface area contributed by atoms with Gasteiger partial charge in [-0.2, -0.15) is 0 Å². The lowest BCUT2D eigenvalue weighted by Gasteiger charge is -2.33. The number of fused-ring (bicyclic) bond motifs is 2. The molecule has 0 aliphatic carbocycles. The van der Waals surface area contributed by atoms with Crippen molar-refractivity contribution in [1.82, 2.24) is 5.32 Å². The fraction of sp³-hybridized carbons (Fsp3) is 0.154. The average molecular weight is 462 g/mol. The van der Waals surface area contributed by atoms with Crippen LogP contribution in [0.4, 0.5) is 14.5 Å². The molecular formula is C26H20F2N2O4. The minimum Gasteiger partial charge on any atom is -0.479 e. The van der Waals surface area contributed by atoms with Gasteiger partial charge in [-0.15, -0.1) is 0 Å². The van der Waals surface area contributed by atoms with E-state index in [0.29, 0.717) is 22.8 Å². The summed E-state index contributed by atoms with van der Waals surface area (Å²) in [6, 6.07) is 17.2. The van der Waals surface area contributed by atoms with Crippen LogP contribution in [0.5, 0.6) is 5.75 Å². The number of ether oxygens (including phenoxy) is 1. The summed E-state index contributed by atoms with van der Waals surface area (Å²) in [6.45, 7) is 1.71. The van der Waals surface area contributed by atoms with E-state index in [1.54, 1.807) is 19.1 Å². The molecule has 0 saturated heterocycles. The molecule has 1 aliphatic rings. The van der Waals surface area contributed by atoms with Gasteiger partial charge < -0.3 is 19.4 Å². The van der Waals surface area contributed by atoms with Crippen molar-refractivity contribution in [3.05, 3.63) is 95.3 Å². The molecule has 2 amide bonds. The molecule has 6 nitrogen and oxygen atoms in total. The predicted octanol–water partition coefficient (Wildman–Crippen LogP) is 4.96. The monoisotopic (exact) mass is 462 g/mol. The summed E-state index contributed by atoms with van der Waals surface area (Å²) in [5, 5.41) is 3.75. The molecule has 0 radical (unpaired) electrons. The second-order valence-corrected chi connectivity index (χ2v) is 8.08. The molecule has 172 valence electrons. The topological polar surface area (TPSA) is 71.8 Å². The van der Waals surface area contributed by atoms with Crippen LogP contribution in [0.15, 0.2) is 71.1 Å². The Morgan fingerprint density at radius 1 is 1.03 bits per heavy atom. The van der Waals surface area contributed by atoms with Crippen molar-refractivity contribution in [2.24, 2.45) is 0 Å². The summed E-state index contributed by atoms with van der Waals surface area (Å²) in [5.74, 6) is -1.21. The Hall–Kier alpha value is -4.20. The zero-order valence-electron chi connectivity index (χ0n) is 18.2. The number of benzene rings is 3. The molecule has 0 bridgehead atoms. The second-order valence-electron chi connectivity index (χ2n) is 8.08. The molecule has 1 atom stereocenters. The number of rotatable bonds is 5. The number of carbonyl (C=O) groups excluding carboxylic acids is 2. The molecule has 1 N–H and O–H groups in total. The minimum atomic E-state index is -0.779. The molecule has 34 heavy (non-hydrogen) atoms. The lowest BCUT2D eigenvalue weighted by atomic mass is 10.1. The third-order valence-electron chi connectivity index (χ3n) is 5.59. The molecule has 0 unspecified atom stereocenters. The first kappa shape index (κ1) is 21.6. The smallest absolute Gasteiger partial charge is 0.268 e. The maximum absolute atomic E-state index is 13.7. The van der Waals surface area contributed by atoms with E-state index in [0.717, 1.165) is 17.0 Å². The van der Waals surface area contributed by atoms with E-state index in [2.05, 4.69) is 5.32 Å². The van der Waals surface area contributed by atoms with Crippen LogP contribution in [0.3, 0.4) is 0 Å². The Bertz CT molecular complexity index is 1360. The Kier molecular flexibility index (Phi) is 5.49. The Balaban J connectivity index is 1.38. The molecule has 3 aromatic carbocycles. The summed E-state index contributed by atoms with van der Waals surface area (Å²) < 4.78 is 38.8. The van der Waals surface area contributed by atoms with Crippen molar-refractivity contribution >= 4 is 28.5 Å². The van der Waals surface area contributed by atoms with E-state index >= 15 is 0 Å². The van der Waals surface area contributed by atoms with E-state index in [1.165, 1.54) is 23.1 Å². The molecule has 1 aliphatic heterocycles. The third-order valence-corrected chi connectivity index (χ3v) is 5.59. The SMILES string of the molecule is C[C@@H]1Oc2ccc(C(=O)NCc3cc4ccccc4o3)cc2N(Cc2cc(F)cc(F)c2)C1=O. The highest BCUT2D eigenvalue weighted by atomic mass is 19.1. The van der Waals surface area contributed by atoms with Gasteiger partial charge in [0.05, 0.1) is 18.8 Å². The van der Waals surface area contributed by atoms with Crippen molar-refractivity contribution in [3.8, 4) is 5.75 Å². The van der Waals surface area contributed by atoms with E-state index in [9.17, 15) is 18.4 Å². The van der Waals surface area contributed by atoms with Gasteiger partial charge in [-0.1, -0.05) is 18.2 Å². The summed E-state index contributed by atoms with van der Waals surface area (Å²) in [7, 11) is 0. The minimum absolute atomic E-state index is 0.0712. The van der Waals surface area contributed by atoms with Crippen LogP contribution in [0.1, 0.15) is 28.6 Å². The van der Waals surface area contributed by atoms with Crippen molar-refractivity contribution in [2.45, 2.75) is 26.1 Å². The van der Waals surface area contributed by atoms with Crippen LogP contribution in [-0.4, -0.2) is 17.9 Å². The standard InChI is InChI=1S/C26H20F2N2O4/c1-15-26(32)30(14-16-8-19(27)12-20(28)9-16)22-11-18(6-7-24(22)33-15)25(31)29-13-21-10-17-4-2-3-5-23(17)34-21/h2-12,15H,13-14H2,1H3,(H,29,31)/t15-/m0/s1. The number of halogens is 2. The van der Waals surface area contributed by atoms with E-state index in [4.69, 9.17) is 9.15 Å². The largest absolute Gasteiger partial charge is 0.479 e. The van der Waals surface area contributed by atoms with Gasteiger partial charge >= 0.3 is 0 Å². The molecule has 8 heteroatoms. The highest BCUT2D eigenvalue weighted by molar-refractivity contribution is 6.02. The first-order chi connectivity index (χ1) is 16.4. The van der Waals surface area contributed by atoms with E-state index in [-0.39, 0.29) is 30.5 Å². The van der Waals surface area contributed by atoms with Crippen molar-refractivity contribution < 1.29 is 27.5 Å². The molecule has 0 fully saturated rings. The first-order valence-corrected chi connectivity index (χ1v) is 10.7.